The van der Waals surface area contributed by atoms with E-state index in [-0.39, 0.29) is 0 Å². The van der Waals surface area contributed by atoms with Crippen molar-refractivity contribution in [3.05, 3.63) is 0 Å². The number of methoxy groups -OCH3 is 2. The fourth-order valence-corrected chi connectivity index (χ4v) is 3.86. The maximum atomic E-state index is 10.4. The summed E-state index contributed by atoms with van der Waals surface area (Å²) in [6.07, 6.45) is 5.73. The van der Waals surface area contributed by atoms with Crippen molar-refractivity contribution in [1.29, 1.82) is 0 Å². The predicted molar refractivity (Wildman–Crippen MR) is 62.0 cm³/mol. The SMILES string of the molecule is COC(OC)C(C)(O)CC1CC2CCC1C2. The van der Waals surface area contributed by atoms with Gasteiger partial charge in [-0.25, -0.2) is 0 Å². The summed E-state index contributed by atoms with van der Waals surface area (Å²) in [5, 5.41) is 10.4. The molecule has 3 nitrogen and oxygen atoms in total. The van der Waals surface area contributed by atoms with Crippen LogP contribution in [-0.2, 0) is 9.47 Å². The van der Waals surface area contributed by atoms with E-state index in [4.69, 9.17) is 9.47 Å². The molecule has 2 aliphatic carbocycles. The van der Waals surface area contributed by atoms with Crippen molar-refractivity contribution in [3.63, 3.8) is 0 Å². The standard InChI is InChI=1S/C13H24O3/c1-13(14,12(15-2)16-3)8-11-7-9-4-5-10(11)6-9/h9-12,14H,4-8H2,1-3H3. The zero-order valence-corrected chi connectivity index (χ0v) is 10.6. The third-order valence-electron chi connectivity index (χ3n) is 4.50. The summed E-state index contributed by atoms with van der Waals surface area (Å²) in [4.78, 5) is 0. The average molecular weight is 228 g/mol. The van der Waals surface area contributed by atoms with E-state index in [1.165, 1.54) is 25.7 Å². The van der Waals surface area contributed by atoms with Crippen LogP contribution in [0.1, 0.15) is 39.0 Å². The Kier molecular flexibility index (Phi) is 3.57. The van der Waals surface area contributed by atoms with Crippen LogP contribution in [0.25, 0.3) is 0 Å². The molecule has 2 saturated carbocycles. The van der Waals surface area contributed by atoms with Crippen molar-refractivity contribution in [3.8, 4) is 0 Å². The normalized spacial score (nSPS) is 36.9. The number of hydrogen-bond donors (Lipinski definition) is 1. The molecule has 2 aliphatic rings. The molecule has 0 aromatic heterocycles. The monoisotopic (exact) mass is 228 g/mol. The Hall–Kier alpha value is -0.120. The number of rotatable bonds is 5. The van der Waals surface area contributed by atoms with Gasteiger partial charge in [0.15, 0.2) is 6.29 Å². The first kappa shape index (κ1) is 12.3. The maximum absolute atomic E-state index is 10.4. The lowest BCUT2D eigenvalue weighted by Gasteiger charge is -2.35. The highest BCUT2D eigenvalue weighted by atomic mass is 16.7. The first-order chi connectivity index (χ1) is 7.56. The van der Waals surface area contributed by atoms with Gasteiger partial charge in [-0.2, -0.15) is 0 Å². The molecule has 4 unspecified atom stereocenters. The Morgan fingerprint density at radius 2 is 1.94 bits per heavy atom. The number of ether oxygens (including phenoxy) is 2. The predicted octanol–water partition coefficient (Wildman–Crippen LogP) is 2.18. The van der Waals surface area contributed by atoms with Gasteiger partial charge in [0.1, 0.15) is 5.60 Å². The van der Waals surface area contributed by atoms with Gasteiger partial charge in [0.2, 0.25) is 0 Å². The van der Waals surface area contributed by atoms with Crippen molar-refractivity contribution in [2.75, 3.05) is 14.2 Å². The smallest absolute Gasteiger partial charge is 0.185 e. The molecule has 2 bridgehead atoms. The average Bonchev–Trinajstić information content (AvgIpc) is 2.79. The van der Waals surface area contributed by atoms with Gasteiger partial charge < -0.3 is 14.6 Å². The summed E-state index contributed by atoms with van der Waals surface area (Å²) in [5.41, 5.74) is -0.862. The molecule has 16 heavy (non-hydrogen) atoms. The largest absolute Gasteiger partial charge is 0.385 e. The first-order valence-electron chi connectivity index (χ1n) is 6.34. The van der Waals surface area contributed by atoms with E-state index in [1.54, 1.807) is 14.2 Å². The third-order valence-corrected chi connectivity index (χ3v) is 4.50. The molecular formula is C13H24O3. The summed E-state index contributed by atoms with van der Waals surface area (Å²) < 4.78 is 10.4. The molecule has 0 aromatic carbocycles. The molecule has 4 atom stereocenters. The van der Waals surface area contributed by atoms with Crippen molar-refractivity contribution in [2.45, 2.75) is 50.9 Å². The zero-order chi connectivity index (χ0) is 11.8. The molecule has 2 rings (SSSR count). The molecule has 0 aliphatic heterocycles. The number of aliphatic hydroxyl groups is 1. The third kappa shape index (κ3) is 2.27. The fourth-order valence-electron chi connectivity index (χ4n) is 3.86. The van der Waals surface area contributed by atoms with Gasteiger partial charge in [-0.15, -0.1) is 0 Å². The second kappa shape index (κ2) is 4.63. The Morgan fingerprint density at radius 1 is 1.25 bits per heavy atom. The zero-order valence-electron chi connectivity index (χ0n) is 10.6. The van der Waals surface area contributed by atoms with Gasteiger partial charge in [0, 0.05) is 14.2 Å². The molecule has 0 heterocycles. The lowest BCUT2D eigenvalue weighted by molar-refractivity contribution is -0.215. The highest BCUT2D eigenvalue weighted by Crippen LogP contribution is 2.51. The lowest BCUT2D eigenvalue weighted by atomic mass is 9.80. The highest BCUT2D eigenvalue weighted by Gasteiger charge is 2.44. The van der Waals surface area contributed by atoms with Crippen LogP contribution in [0, 0.1) is 17.8 Å². The van der Waals surface area contributed by atoms with Crippen LogP contribution < -0.4 is 0 Å². The maximum Gasteiger partial charge on any atom is 0.185 e. The number of hydrogen-bond acceptors (Lipinski definition) is 3. The Balaban J connectivity index is 1.93. The van der Waals surface area contributed by atoms with Crippen molar-refractivity contribution < 1.29 is 14.6 Å². The van der Waals surface area contributed by atoms with E-state index in [0.29, 0.717) is 5.92 Å². The molecule has 0 aromatic rings. The van der Waals surface area contributed by atoms with Gasteiger partial charge in [-0.05, 0) is 50.4 Å². The fraction of sp³-hybridized carbons (Fsp3) is 1.00. The van der Waals surface area contributed by atoms with Crippen molar-refractivity contribution in [1.82, 2.24) is 0 Å². The van der Waals surface area contributed by atoms with Gasteiger partial charge in [0.05, 0.1) is 0 Å². The van der Waals surface area contributed by atoms with Crippen LogP contribution in [0.4, 0.5) is 0 Å². The Labute approximate surface area is 98.1 Å². The van der Waals surface area contributed by atoms with Crippen LogP contribution in [0.3, 0.4) is 0 Å². The summed E-state index contributed by atoms with van der Waals surface area (Å²) in [5.74, 6) is 2.43. The van der Waals surface area contributed by atoms with E-state index >= 15 is 0 Å². The van der Waals surface area contributed by atoms with Gasteiger partial charge >= 0.3 is 0 Å². The van der Waals surface area contributed by atoms with Crippen LogP contribution in [-0.4, -0.2) is 31.2 Å². The van der Waals surface area contributed by atoms with Crippen molar-refractivity contribution >= 4 is 0 Å². The van der Waals surface area contributed by atoms with Gasteiger partial charge in [-0.3, -0.25) is 0 Å². The summed E-state index contributed by atoms with van der Waals surface area (Å²) in [6, 6.07) is 0. The second-order valence-electron chi connectivity index (χ2n) is 5.80. The second-order valence-corrected chi connectivity index (χ2v) is 5.80. The summed E-state index contributed by atoms with van der Waals surface area (Å²) in [7, 11) is 3.17. The Bertz CT molecular complexity index is 235. The first-order valence-corrected chi connectivity index (χ1v) is 6.34. The van der Waals surface area contributed by atoms with E-state index in [2.05, 4.69) is 0 Å². The van der Waals surface area contributed by atoms with Gasteiger partial charge in [0.25, 0.3) is 0 Å². The molecule has 94 valence electrons. The van der Waals surface area contributed by atoms with Crippen molar-refractivity contribution in [2.24, 2.45) is 17.8 Å². The summed E-state index contributed by atoms with van der Waals surface area (Å²) >= 11 is 0. The van der Waals surface area contributed by atoms with E-state index in [1.807, 2.05) is 6.92 Å². The van der Waals surface area contributed by atoms with Crippen LogP contribution >= 0.6 is 0 Å². The quantitative estimate of drug-likeness (QED) is 0.733. The number of fused-ring (bicyclic) bond motifs is 2. The molecule has 0 amide bonds. The molecule has 1 N–H and O–H groups in total. The minimum atomic E-state index is -0.862. The summed E-state index contributed by atoms with van der Waals surface area (Å²) in [6.45, 7) is 1.83. The van der Waals surface area contributed by atoms with Crippen LogP contribution in [0.2, 0.25) is 0 Å². The molecule has 2 fully saturated rings. The molecule has 3 heteroatoms. The topological polar surface area (TPSA) is 38.7 Å². The van der Waals surface area contributed by atoms with E-state index in [9.17, 15) is 5.11 Å². The van der Waals surface area contributed by atoms with E-state index < -0.39 is 11.9 Å². The van der Waals surface area contributed by atoms with Crippen LogP contribution in [0.15, 0.2) is 0 Å². The van der Waals surface area contributed by atoms with Crippen LogP contribution in [0.5, 0.6) is 0 Å². The Morgan fingerprint density at radius 3 is 2.38 bits per heavy atom. The molecular weight excluding hydrogens is 204 g/mol. The molecule has 0 saturated heterocycles. The van der Waals surface area contributed by atoms with E-state index in [0.717, 1.165) is 18.3 Å². The van der Waals surface area contributed by atoms with Gasteiger partial charge in [-0.1, -0.05) is 6.42 Å². The molecule has 0 spiro atoms. The minimum absolute atomic E-state index is 0.508. The molecule has 0 radical (unpaired) electrons. The lowest BCUT2D eigenvalue weighted by Crippen LogP contribution is -2.44. The minimum Gasteiger partial charge on any atom is -0.385 e. The highest BCUT2D eigenvalue weighted by molar-refractivity contribution is 4.93.